The van der Waals surface area contributed by atoms with E-state index in [1.165, 1.54) is 0 Å². The molecule has 24 heavy (non-hydrogen) atoms. The first-order valence-corrected chi connectivity index (χ1v) is 8.15. The highest BCUT2D eigenvalue weighted by atomic mass is 35.5. The molecule has 0 bridgehead atoms. The molecule has 1 unspecified atom stereocenters. The van der Waals surface area contributed by atoms with Gasteiger partial charge in [-0.05, 0) is 42.5 Å². The Balaban J connectivity index is 1.81. The number of phenols is 1. The van der Waals surface area contributed by atoms with Crippen molar-refractivity contribution in [3.8, 4) is 11.5 Å². The molecule has 1 aliphatic heterocycles. The van der Waals surface area contributed by atoms with Crippen molar-refractivity contribution in [3.63, 3.8) is 0 Å². The summed E-state index contributed by atoms with van der Waals surface area (Å²) < 4.78 is 6.23. The third-order valence-corrected chi connectivity index (χ3v) is 4.45. The lowest BCUT2D eigenvalue weighted by atomic mass is 10.1. The largest absolute Gasteiger partial charge is 0.507 e. The summed E-state index contributed by atoms with van der Waals surface area (Å²) >= 11 is 6.02. The Labute approximate surface area is 145 Å². The van der Waals surface area contributed by atoms with Crippen molar-refractivity contribution >= 4 is 17.3 Å². The molecule has 4 rings (SSSR count). The van der Waals surface area contributed by atoms with E-state index >= 15 is 0 Å². The summed E-state index contributed by atoms with van der Waals surface area (Å²) in [6.45, 7) is 0.691. The number of phenolic OH excluding ortho intramolecular Hbond substituents is 1. The Morgan fingerprint density at radius 2 is 1.62 bits per heavy atom. The smallest absolute Gasteiger partial charge is 0.202 e. The Morgan fingerprint density at radius 1 is 0.917 bits per heavy atom. The van der Waals surface area contributed by atoms with E-state index in [2.05, 4.69) is 11.0 Å². The summed E-state index contributed by atoms with van der Waals surface area (Å²) in [6.07, 6.45) is -0.401. The minimum atomic E-state index is -0.401. The molecule has 0 spiro atoms. The third-order valence-electron chi connectivity index (χ3n) is 4.20. The minimum Gasteiger partial charge on any atom is -0.507 e. The van der Waals surface area contributed by atoms with E-state index in [0.29, 0.717) is 11.6 Å². The minimum absolute atomic E-state index is 0.223. The van der Waals surface area contributed by atoms with Crippen molar-refractivity contribution < 1.29 is 9.84 Å². The van der Waals surface area contributed by atoms with Crippen molar-refractivity contribution in [1.82, 2.24) is 0 Å². The summed E-state index contributed by atoms with van der Waals surface area (Å²) in [7, 11) is 0. The molecule has 120 valence electrons. The van der Waals surface area contributed by atoms with Gasteiger partial charge < -0.3 is 14.7 Å². The van der Waals surface area contributed by atoms with Crippen LogP contribution in [0.15, 0.2) is 72.8 Å². The summed E-state index contributed by atoms with van der Waals surface area (Å²) in [5.74, 6) is 1.07. The van der Waals surface area contributed by atoms with E-state index < -0.39 is 6.23 Å². The van der Waals surface area contributed by atoms with Crippen molar-refractivity contribution in [1.29, 1.82) is 0 Å². The van der Waals surface area contributed by atoms with E-state index in [9.17, 15) is 5.11 Å². The number of rotatable bonds is 2. The highest BCUT2D eigenvalue weighted by Gasteiger charge is 2.30. The fraction of sp³-hybridized carbons (Fsp3) is 0.100. The molecule has 0 saturated carbocycles. The Hall–Kier alpha value is -2.65. The summed E-state index contributed by atoms with van der Waals surface area (Å²) in [5, 5.41) is 11.0. The van der Waals surface area contributed by atoms with E-state index in [1.54, 1.807) is 6.07 Å². The van der Waals surface area contributed by atoms with Crippen LogP contribution in [-0.4, -0.2) is 5.11 Å². The van der Waals surface area contributed by atoms with Gasteiger partial charge in [0.15, 0.2) is 0 Å². The molecule has 3 aromatic carbocycles. The zero-order valence-corrected chi connectivity index (χ0v) is 13.6. The second-order valence-corrected chi connectivity index (χ2v) is 6.18. The van der Waals surface area contributed by atoms with Crippen LogP contribution in [0.5, 0.6) is 11.5 Å². The van der Waals surface area contributed by atoms with Crippen LogP contribution in [0.25, 0.3) is 0 Å². The van der Waals surface area contributed by atoms with Crippen molar-refractivity contribution in [3.05, 3.63) is 88.9 Å². The number of benzene rings is 3. The standard InChI is InChI=1S/C20H16ClNO2/c21-15-9-11-16(12-10-15)22-13-14-5-1-4-8-19(14)24-20(22)17-6-2-3-7-18(17)23/h1-12,20,23H,13H2. The summed E-state index contributed by atoms with van der Waals surface area (Å²) in [4.78, 5) is 2.12. The van der Waals surface area contributed by atoms with Crippen molar-refractivity contribution in [2.45, 2.75) is 12.8 Å². The first-order valence-electron chi connectivity index (χ1n) is 7.77. The number of fused-ring (bicyclic) bond motifs is 1. The number of para-hydroxylation sites is 2. The summed E-state index contributed by atoms with van der Waals surface area (Å²) in [6, 6.07) is 22.9. The molecule has 0 saturated heterocycles. The van der Waals surface area contributed by atoms with Crippen molar-refractivity contribution in [2.75, 3.05) is 4.90 Å². The maximum absolute atomic E-state index is 10.3. The lowest BCUT2D eigenvalue weighted by molar-refractivity contribution is 0.175. The van der Waals surface area contributed by atoms with Gasteiger partial charge in [0.1, 0.15) is 11.5 Å². The molecule has 1 atom stereocenters. The number of hydrogen-bond acceptors (Lipinski definition) is 3. The number of hydrogen-bond donors (Lipinski definition) is 1. The van der Waals surface area contributed by atoms with Gasteiger partial charge in [-0.1, -0.05) is 41.9 Å². The van der Waals surface area contributed by atoms with Gasteiger partial charge in [0.2, 0.25) is 6.23 Å². The summed E-state index contributed by atoms with van der Waals surface area (Å²) in [5.41, 5.74) is 2.84. The SMILES string of the molecule is Oc1ccccc1C1Oc2ccccc2CN1c1ccc(Cl)cc1. The van der Waals surface area contributed by atoms with Gasteiger partial charge in [0.25, 0.3) is 0 Å². The number of ether oxygens (including phenoxy) is 1. The van der Waals surface area contributed by atoms with Crippen LogP contribution in [-0.2, 0) is 6.54 Å². The maximum atomic E-state index is 10.3. The molecule has 1 N–H and O–H groups in total. The number of halogens is 1. The van der Waals surface area contributed by atoms with Gasteiger partial charge in [-0.15, -0.1) is 0 Å². The van der Waals surface area contributed by atoms with E-state index in [0.717, 1.165) is 22.6 Å². The van der Waals surface area contributed by atoms with Crippen LogP contribution >= 0.6 is 11.6 Å². The number of nitrogens with zero attached hydrogens (tertiary/aromatic N) is 1. The van der Waals surface area contributed by atoms with Crippen LogP contribution in [0.4, 0.5) is 5.69 Å². The first kappa shape index (κ1) is 14.9. The molecule has 3 aromatic rings. The molecule has 3 nitrogen and oxygen atoms in total. The second kappa shape index (κ2) is 6.10. The lowest BCUT2D eigenvalue weighted by Gasteiger charge is -2.39. The zero-order chi connectivity index (χ0) is 16.5. The molecule has 0 fully saturated rings. The average molecular weight is 338 g/mol. The Morgan fingerprint density at radius 3 is 2.42 bits per heavy atom. The Kier molecular flexibility index (Phi) is 3.79. The van der Waals surface area contributed by atoms with E-state index in [4.69, 9.17) is 16.3 Å². The topological polar surface area (TPSA) is 32.7 Å². The molecular formula is C20H16ClNO2. The predicted molar refractivity (Wildman–Crippen MR) is 95.6 cm³/mol. The highest BCUT2D eigenvalue weighted by molar-refractivity contribution is 6.30. The molecule has 4 heteroatoms. The van der Waals surface area contributed by atoms with Crippen molar-refractivity contribution in [2.24, 2.45) is 0 Å². The average Bonchev–Trinajstić information content (AvgIpc) is 2.62. The lowest BCUT2D eigenvalue weighted by Crippen LogP contribution is -2.36. The second-order valence-electron chi connectivity index (χ2n) is 5.74. The van der Waals surface area contributed by atoms with Crippen LogP contribution in [0.1, 0.15) is 17.4 Å². The predicted octanol–water partition coefficient (Wildman–Crippen LogP) is 5.14. The molecule has 1 heterocycles. The third kappa shape index (κ3) is 2.68. The van der Waals surface area contributed by atoms with Gasteiger partial charge in [0.05, 0.1) is 12.1 Å². The van der Waals surface area contributed by atoms with Crippen LogP contribution < -0.4 is 9.64 Å². The normalized spacial score (nSPS) is 16.4. The van der Waals surface area contributed by atoms with Gasteiger partial charge in [-0.3, -0.25) is 0 Å². The number of anilines is 1. The zero-order valence-electron chi connectivity index (χ0n) is 12.9. The van der Waals surface area contributed by atoms with Gasteiger partial charge in [0, 0.05) is 16.3 Å². The molecule has 0 amide bonds. The molecule has 1 aliphatic rings. The van der Waals surface area contributed by atoms with Crippen LogP contribution in [0, 0.1) is 0 Å². The van der Waals surface area contributed by atoms with E-state index in [-0.39, 0.29) is 5.75 Å². The molecule has 0 aliphatic carbocycles. The molecular weight excluding hydrogens is 322 g/mol. The highest BCUT2D eigenvalue weighted by Crippen LogP contribution is 2.40. The maximum Gasteiger partial charge on any atom is 0.202 e. The van der Waals surface area contributed by atoms with Crippen LogP contribution in [0.2, 0.25) is 5.02 Å². The molecule has 0 radical (unpaired) electrons. The first-order chi connectivity index (χ1) is 11.7. The van der Waals surface area contributed by atoms with Gasteiger partial charge in [-0.25, -0.2) is 0 Å². The van der Waals surface area contributed by atoms with Crippen LogP contribution in [0.3, 0.4) is 0 Å². The van der Waals surface area contributed by atoms with Gasteiger partial charge >= 0.3 is 0 Å². The quantitative estimate of drug-likeness (QED) is 0.702. The van der Waals surface area contributed by atoms with Gasteiger partial charge in [-0.2, -0.15) is 0 Å². The fourth-order valence-corrected chi connectivity index (χ4v) is 3.11. The monoisotopic (exact) mass is 337 g/mol. The Bertz CT molecular complexity index is 864. The number of aromatic hydroxyl groups is 1. The molecule has 0 aromatic heterocycles. The fourth-order valence-electron chi connectivity index (χ4n) is 2.99. The van der Waals surface area contributed by atoms with E-state index in [1.807, 2.05) is 60.7 Å².